The van der Waals surface area contributed by atoms with Crippen LogP contribution in [0.3, 0.4) is 0 Å². The molecule has 0 saturated heterocycles. The molecule has 0 aromatic rings. The topological polar surface area (TPSA) is 101 Å². The molecule has 6 nitrogen and oxygen atoms in total. The Hall–Kier alpha value is -0.110. The van der Waals surface area contributed by atoms with Crippen LogP contribution in [0.5, 0.6) is 0 Å². The molecular weight excluding hydrogens is 319 g/mol. The summed E-state index contributed by atoms with van der Waals surface area (Å²) in [6.45, 7) is 5.53. The molecule has 0 radical (unpaired) electrons. The van der Waals surface area contributed by atoms with Gasteiger partial charge in [-0.25, -0.2) is 0 Å². The quantitative estimate of drug-likeness (QED) is 0.258. The molecule has 0 rings (SSSR count). The Bertz CT molecular complexity index is 442. The third kappa shape index (κ3) is 7.44. The molecule has 0 bridgehead atoms. The van der Waals surface area contributed by atoms with Gasteiger partial charge in [0.2, 0.25) is 0 Å². The van der Waals surface area contributed by atoms with Crippen LogP contribution in [-0.4, -0.2) is 25.1 Å². The summed E-state index contributed by atoms with van der Waals surface area (Å²) in [6.07, 6.45) is 2.71. The summed E-state index contributed by atoms with van der Waals surface area (Å²) in [6, 6.07) is 0. The van der Waals surface area contributed by atoms with Crippen LogP contribution in [0.25, 0.3) is 0 Å². The van der Waals surface area contributed by atoms with Gasteiger partial charge in [-0.15, -0.1) is 0 Å². The molecule has 0 fully saturated rings. The van der Waals surface area contributed by atoms with Gasteiger partial charge in [-0.1, -0.05) is 40.0 Å². The molecule has 0 atom stereocenters. The first-order chi connectivity index (χ1) is 9.74. The molecule has 22 heavy (non-hydrogen) atoms. The van der Waals surface area contributed by atoms with Crippen molar-refractivity contribution in [2.45, 2.75) is 76.9 Å². The zero-order valence-corrected chi connectivity index (χ0v) is 16.8. The number of hydrogen-bond acceptors (Lipinski definition) is 6. The molecule has 0 unspecified atom stereocenters. The normalized spacial score (nSPS) is 11.6. The molecule has 0 saturated carbocycles. The first-order valence-corrected chi connectivity index (χ1v) is 8.82. The second-order valence-electron chi connectivity index (χ2n) is 5.13. The zero-order chi connectivity index (χ0) is 16.5. The number of carbonyl (C=O) groups is 2. The van der Waals surface area contributed by atoms with Crippen LogP contribution >= 0.6 is 0 Å². The number of rotatable bonds is 11. The molecule has 8 heteroatoms. The minimum atomic E-state index is -4.07. The van der Waals surface area contributed by atoms with Crippen molar-refractivity contribution in [1.29, 1.82) is 0 Å². The van der Waals surface area contributed by atoms with Crippen molar-refractivity contribution in [2.24, 2.45) is 0 Å². The summed E-state index contributed by atoms with van der Waals surface area (Å²) in [5.74, 6) is -2.45. The van der Waals surface area contributed by atoms with Crippen LogP contribution in [0.2, 0.25) is 0 Å². The molecule has 124 valence electrons. The van der Waals surface area contributed by atoms with E-state index in [1.54, 1.807) is 13.8 Å². The molecule has 0 aromatic heterocycles. The van der Waals surface area contributed by atoms with E-state index < -0.39 is 39.6 Å². The number of carboxylic acid groups (broad SMARTS) is 1. The zero-order valence-electron chi connectivity index (χ0n) is 14.0. The first kappa shape index (κ1) is 24.1. The standard InChI is InChI=1S/C14H26O6S.Na/c1-4-7-8-11-14(5-2,6-3)21(18,19)20-13(17)10-9-12(15)16;/h4-11H2,1-3H3,(H,15,16);/q;+1/p-1. The Balaban J connectivity index is 0. The Labute approximate surface area is 155 Å². The van der Waals surface area contributed by atoms with Crippen LogP contribution in [-0.2, 0) is 23.9 Å². The van der Waals surface area contributed by atoms with E-state index in [1.165, 1.54) is 0 Å². The average molecular weight is 344 g/mol. The number of carbonyl (C=O) groups excluding carboxylic acids is 2. The summed E-state index contributed by atoms with van der Waals surface area (Å²) in [4.78, 5) is 21.8. The summed E-state index contributed by atoms with van der Waals surface area (Å²) < 4.78 is 28.2. The van der Waals surface area contributed by atoms with E-state index in [2.05, 4.69) is 4.18 Å². The summed E-state index contributed by atoms with van der Waals surface area (Å²) in [7, 11) is -4.07. The van der Waals surface area contributed by atoms with Crippen molar-refractivity contribution in [2.75, 3.05) is 0 Å². The van der Waals surface area contributed by atoms with Crippen LogP contribution in [0.4, 0.5) is 0 Å². The summed E-state index contributed by atoms with van der Waals surface area (Å²) in [5, 5.41) is 10.3. The summed E-state index contributed by atoms with van der Waals surface area (Å²) >= 11 is 0. The molecule has 0 amide bonds. The third-order valence-electron chi connectivity index (χ3n) is 3.79. The fourth-order valence-electron chi connectivity index (χ4n) is 2.24. The molecule has 0 spiro atoms. The van der Waals surface area contributed by atoms with E-state index in [9.17, 15) is 23.1 Å². The Morgan fingerprint density at radius 2 is 1.59 bits per heavy atom. The maximum atomic E-state index is 12.4. The van der Waals surface area contributed by atoms with E-state index >= 15 is 0 Å². The smallest absolute Gasteiger partial charge is 0.550 e. The maximum Gasteiger partial charge on any atom is 1.00 e. The van der Waals surface area contributed by atoms with Crippen molar-refractivity contribution in [3.05, 3.63) is 0 Å². The van der Waals surface area contributed by atoms with Gasteiger partial charge in [-0.2, -0.15) is 8.42 Å². The molecule has 0 aliphatic carbocycles. The minimum absolute atomic E-state index is 0. The number of carboxylic acids is 1. The average Bonchev–Trinajstić information content (AvgIpc) is 2.41. The largest absolute Gasteiger partial charge is 1.00 e. The Morgan fingerprint density at radius 3 is 2.00 bits per heavy atom. The monoisotopic (exact) mass is 344 g/mol. The predicted molar refractivity (Wildman–Crippen MR) is 76.7 cm³/mol. The third-order valence-corrected chi connectivity index (χ3v) is 6.04. The van der Waals surface area contributed by atoms with Gasteiger partial charge in [0.1, 0.15) is 4.75 Å². The summed E-state index contributed by atoms with van der Waals surface area (Å²) in [5.41, 5.74) is 0. The van der Waals surface area contributed by atoms with Gasteiger partial charge in [0.05, 0.1) is 6.42 Å². The second kappa shape index (κ2) is 11.4. The Kier molecular flexibility index (Phi) is 12.5. The number of unbranched alkanes of at least 4 members (excludes halogenated alkanes) is 2. The Morgan fingerprint density at radius 1 is 1.05 bits per heavy atom. The minimum Gasteiger partial charge on any atom is -0.550 e. The molecule has 0 heterocycles. The number of aliphatic carboxylic acids is 1. The van der Waals surface area contributed by atoms with Gasteiger partial charge in [-0.3, -0.25) is 4.79 Å². The van der Waals surface area contributed by atoms with Gasteiger partial charge < -0.3 is 14.1 Å². The maximum absolute atomic E-state index is 12.4. The van der Waals surface area contributed by atoms with Crippen molar-refractivity contribution >= 4 is 22.1 Å². The van der Waals surface area contributed by atoms with Gasteiger partial charge in [0.15, 0.2) is 0 Å². The second-order valence-corrected chi connectivity index (χ2v) is 7.07. The predicted octanol–water partition coefficient (Wildman–Crippen LogP) is -1.47. The fraction of sp³-hybridized carbons (Fsp3) is 0.857. The van der Waals surface area contributed by atoms with Gasteiger partial charge in [-0.05, 0) is 25.7 Å². The molecule has 0 aliphatic heterocycles. The van der Waals surface area contributed by atoms with Crippen molar-refractivity contribution in [3.8, 4) is 0 Å². The molecule has 0 N–H and O–H groups in total. The first-order valence-electron chi connectivity index (χ1n) is 7.41. The molecule has 0 aromatic carbocycles. The van der Waals surface area contributed by atoms with Gasteiger partial charge in [0.25, 0.3) is 0 Å². The van der Waals surface area contributed by atoms with Crippen molar-refractivity contribution in [3.63, 3.8) is 0 Å². The van der Waals surface area contributed by atoms with E-state index in [0.717, 1.165) is 19.3 Å². The van der Waals surface area contributed by atoms with Crippen LogP contribution in [0.15, 0.2) is 0 Å². The van der Waals surface area contributed by atoms with Crippen LogP contribution < -0.4 is 34.7 Å². The molecule has 0 aliphatic rings. The SMILES string of the molecule is CCCCCC(CC)(CC)S(=O)(=O)OC(=O)CCC(=O)[O-].[Na+]. The van der Waals surface area contributed by atoms with Crippen LogP contribution in [0.1, 0.15) is 72.1 Å². The number of hydrogen-bond donors (Lipinski definition) is 0. The van der Waals surface area contributed by atoms with Crippen molar-refractivity contribution < 1.29 is 56.9 Å². The van der Waals surface area contributed by atoms with Gasteiger partial charge in [0, 0.05) is 5.97 Å². The van der Waals surface area contributed by atoms with Crippen LogP contribution in [0, 0.1) is 0 Å². The molecular formula is C14H25NaO6S. The van der Waals surface area contributed by atoms with Crippen molar-refractivity contribution in [1.82, 2.24) is 0 Å². The van der Waals surface area contributed by atoms with E-state index in [0.29, 0.717) is 19.3 Å². The van der Waals surface area contributed by atoms with E-state index in [1.807, 2.05) is 6.92 Å². The van der Waals surface area contributed by atoms with E-state index in [-0.39, 0.29) is 29.6 Å². The van der Waals surface area contributed by atoms with Gasteiger partial charge >= 0.3 is 45.6 Å². The van der Waals surface area contributed by atoms with E-state index in [4.69, 9.17) is 0 Å². The fourth-order valence-corrected chi connectivity index (χ4v) is 3.84.